The van der Waals surface area contributed by atoms with E-state index < -0.39 is 31.7 Å². The fraction of sp³-hybridized carbons (Fsp3) is 0.333. The highest BCUT2D eigenvalue weighted by Crippen LogP contribution is 2.37. The summed E-state index contributed by atoms with van der Waals surface area (Å²) in [6, 6.07) is 10.7. The molecule has 0 aliphatic heterocycles. The minimum atomic E-state index is -4.15. The van der Waals surface area contributed by atoms with E-state index in [2.05, 4.69) is 0 Å². The quantitative estimate of drug-likeness (QED) is 0.581. The van der Waals surface area contributed by atoms with Crippen LogP contribution in [0.5, 0.6) is 11.5 Å². The standard InChI is InChI=1S/C18H22O8S2/c1-13-3-5-15(17(11-13)25-7-9-27(19,20)21)16-6-4-14(2)12-18(16)26-8-10-28(22,23)24/h3-6,11-12H,7-10H2,1-2H3,(H,19,20,21)(H,22,23,24). The fourth-order valence-corrected chi connectivity index (χ4v) is 3.04. The van der Waals surface area contributed by atoms with Crippen LogP contribution in [0.1, 0.15) is 11.1 Å². The summed E-state index contributed by atoms with van der Waals surface area (Å²) in [7, 11) is -8.30. The van der Waals surface area contributed by atoms with Crippen LogP contribution >= 0.6 is 0 Å². The van der Waals surface area contributed by atoms with Gasteiger partial charge >= 0.3 is 0 Å². The maximum absolute atomic E-state index is 10.9. The van der Waals surface area contributed by atoms with E-state index in [1.807, 2.05) is 26.0 Å². The smallest absolute Gasteiger partial charge is 0.268 e. The molecule has 2 aromatic rings. The van der Waals surface area contributed by atoms with Crippen molar-refractivity contribution in [3.05, 3.63) is 47.5 Å². The molecule has 2 N–H and O–H groups in total. The first-order chi connectivity index (χ1) is 12.9. The zero-order valence-electron chi connectivity index (χ0n) is 15.5. The zero-order valence-corrected chi connectivity index (χ0v) is 17.1. The Morgan fingerprint density at radius 3 is 1.39 bits per heavy atom. The number of ether oxygens (including phenoxy) is 2. The molecule has 0 saturated heterocycles. The summed E-state index contributed by atoms with van der Waals surface area (Å²) in [6.45, 7) is 3.22. The third kappa shape index (κ3) is 7.12. The van der Waals surface area contributed by atoms with Crippen molar-refractivity contribution in [3.8, 4) is 22.6 Å². The van der Waals surface area contributed by atoms with Crippen molar-refractivity contribution in [2.45, 2.75) is 13.8 Å². The Balaban J connectivity index is 2.35. The highest BCUT2D eigenvalue weighted by molar-refractivity contribution is 7.86. The minimum absolute atomic E-state index is 0.236. The molecular formula is C18H22O8S2. The second-order valence-corrected chi connectivity index (χ2v) is 9.41. The molecule has 0 aliphatic rings. The Morgan fingerprint density at radius 1 is 0.714 bits per heavy atom. The molecule has 0 unspecified atom stereocenters. The van der Waals surface area contributed by atoms with E-state index in [1.54, 1.807) is 24.3 Å². The largest absolute Gasteiger partial charge is 0.492 e. The molecule has 0 amide bonds. The molecule has 0 fully saturated rings. The van der Waals surface area contributed by atoms with Gasteiger partial charge in [0.15, 0.2) is 0 Å². The van der Waals surface area contributed by atoms with Crippen LogP contribution in [0, 0.1) is 13.8 Å². The molecule has 0 heterocycles. The van der Waals surface area contributed by atoms with Gasteiger partial charge in [-0.1, -0.05) is 24.3 Å². The highest BCUT2D eigenvalue weighted by atomic mass is 32.2. The van der Waals surface area contributed by atoms with Gasteiger partial charge in [0.05, 0.1) is 0 Å². The molecule has 0 aromatic heterocycles. The van der Waals surface area contributed by atoms with Crippen LogP contribution in [-0.4, -0.2) is 50.7 Å². The molecule has 28 heavy (non-hydrogen) atoms. The molecular weight excluding hydrogens is 408 g/mol. The maximum atomic E-state index is 10.9. The van der Waals surface area contributed by atoms with Crippen molar-refractivity contribution in [1.82, 2.24) is 0 Å². The normalized spacial score (nSPS) is 12.0. The zero-order chi connectivity index (χ0) is 20.9. The van der Waals surface area contributed by atoms with Crippen LogP contribution in [-0.2, 0) is 20.2 Å². The summed E-state index contributed by atoms with van der Waals surface area (Å²) in [6.07, 6.45) is 0. The van der Waals surface area contributed by atoms with Crippen LogP contribution in [0.3, 0.4) is 0 Å². The first-order valence-electron chi connectivity index (χ1n) is 8.32. The van der Waals surface area contributed by atoms with Gasteiger partial charge in [0.2, 0.25) is 0 Å². The van der Waals surface area contributed by atoms with E-state index in [0.717, 1.165) is 11.1 Å². The van der Waals surface area contributed by atoms with Crippen molar-refractivity contribution < 1.29 is 35.4 Å². The van der Waals surface area contributed by atoms with E-state index in [0.29, 0.717) is 22.6 Å². The lowest BCUT2D eigenvalue weighted by molar-refractivity contribution is 0.332. The predicted molar refractivity (Wildman–Crippen MR) is 105 cm³/mol. The third-order valence-electron chi connectivity index (χ3n) is 3.76. The summed E-state index contributed by atoms with van der Waals surface area (Å²) < 4.78 is 72.6. The van der Waals surface area contributed by atoms with Gasteiger partial charge in [0.1, 0.15) is 36.2 Å². The van der Waals surface area contributed by atoms with Gasteiger partial charge in [-0.25, -0.2) is 0 Å². The molecule has 0 bridgehead atoms. The first-order valence-corrected chi connectivity index (χ1v) is 11.5. The number of hydrogen-bond donors (Lipinski definition) is 2. The van der Waals surface area contributed by atoms with Crippen molar-refractivity contribution in [2.24, 2.45) is 0 Å². The lowest BCUT2D eigenvalue weighted by atomic mass is 10.0. The molecule has 0 saturated carbocycles. The van der Waals surface area contributed by atoms with Gasteiger partial charge < -0.3 is 9.47 Å². The topological polar surface area (TPSA) is 127 Å². The van der Waals surface area contributed by atoms with Crippen LogP contribution in [0.25, 0.3) is 11.1 Å². The van der Waals surface area contributed by atoms with Gasteiger partial charge in [0.25, 0.3) is 20.2 Å². The van der Waals surface area contributed by atoms with Crippen LogP contribution in [0.15, 0.2) is 36.4 Å². The Labute approximate surface area is 164 Å². The Morgan fingerprint density at radius 2 is 1.07 bits per heavy atom. The lowest BCUT2D eigenvalue weighted by Crippen LogP contribution is -2.14. The van der Waals surface area contributed by atoms with Crippen LogP contribution < -0.4 is 9.47 Å². The summed E-state index contributed by atoms with van der Waals surface area (Å²) in [5.74, 6) is -0.308. The number of aryl methyl sites for hydroxylation is 2. The van der Waals surface area contributed by atoms with Crippen LogP contribution in [0.2, 0.25) is 0 Å². The minimum Gasteiger partial charge on any atom is -0.492 e. The van der Waals surface area contributed by atoms with Crippen molar-refractivity contribution in [3.63, 3.8) is 0 Å². The third-order valence-corrected chi connectivity index (χ3v) is 5.13. The maximum Gasteiger partial charge on any atom is 0.268 e. The van der Waals surface area contributed by atoms with Crippen molar-refractivity contribution >= 4 is 20.2 Å². The van der Waals surface area contributed by atoms with E-state index >= 15 is 0 Å². The van der Waals surface area contributed by atoms with Gasteiger partial charge in [-0.3, -0.25) is 9.11 Å². The lowest BCUT2D eigenvalue weighted by Gasteiger charge is -2.16. The fourth-order valence-electron chi connectivity index (χ4n) is 2.46. The number of benzene rings is 2. The Kier molecular flexibility index (Phi) is 7.05. The molecule has 2 aromatic carbocycles. The second kappa shape index (κ2) is 8.91. The summed E-state index contributed by atoms with van der Waals surface area (Å²) in [5.41, 5.74) is 2.99. The van der Waals surface area contributed by atoms with Gasteiger partial charge in [-0.15, -0.1) is 0 Å². The van der Waals surface area contributed by atoms with Crippen LogP contribution in [0.4, 0.5) is 0 Å². The van der Waals surface area contributed by atoms with E-state index in [1.165, 1.54) is 0 Å². The molecule has 154 valence electrons. The van der Waals surface area contributed by atoms with Crippen molar-refractivity contribution in [2.75, 3.05) is 24.7 Å². The average Bonchev–Trinajstić information content (AvgIpc) is 2.53. The SMILES string of the molecule is Cc1ccc(-c2ccc(C)cc2OCCS(=O)(=O)O)c(OCCS(=O)(=O)O)c1. The first kappa shape index (κ1) is 22.2. The van der Waals surface area contributed by atoms with E-state index in [4.69, 9.17) is 18.6 Å². The predicted octanol–water partition coefficient (Wildman–Crippen LogP) is 2.50. The molecule has 0 atom stereocenters. The van der Waals surface area contributed by atoms with Gasteiger partial charge in [0, 0.05) is 11.1 Å². The molecule has 10 heteroatoms. The molecule has 0 aliphatic carbocycles. The summed E-state index contributed by atoms with van der Waals surface area (Å²) in [5, 5.41) is 0. The van der Waals surface area contributed by atoms with E-state index in [9.17, 15) is 16.8 Å². The number of hydrogen-bond acceptors (Lipinski definition) is 6. The average molecular weight is 431 g/mol. The molecule has 0 spiro atoms. The number of rotatable bonds is 9. The summed E-state index contributed by atoms with van der Waals surface area (Å²) >= 11 is 0. The second-order valence-electron chi connectivity index (χ2n) is 6.27. The molecule has 0 radical (unpaired) electrons. The van der Waals surface area contributed by atoms with Gasteiger partial charge in [-0.2, -0.15) is 16.8 Å². The van der Waals surface area contributed by atoms with E-state index in [-0.39, 0.29) is 13.2 Å². The van der Waals surface area contributed by atoms with Gasteiger partial charge in [-0.05, 0) is 37.1 Å². The Bertz CT molecular complexity index is 958. The Hall–Kier alpha value is -2.14. The molecule has 8 nitrogen and oxygen atoms in total. The van der Waals surface area contributed by atoms with Crippen molar-refractivity contribution in [1.29, 1.82) is 0 Å². The molecule has 2 rings (SSSR count). The summed E-state index contributed by atoms with van der Waals surface area (Å²) in [4.78, 5) is 0. The highest BCUT2D eigenvalue weighted by Gasteiger charge is 2.15. The monoisotopic (exact) mass is 430 g/mol.